The van der Waals surface area contributed by atoms with Crippen LogP contribution in [0.4, 0.5) is 0 Å². The average Bonchev–Trinajstić information content (AvgIpc) is 3.09. The van der Waals surface area contributed by atoms with Crippen LogP contribution in [0.5, 0.6) is 0 Å². The van der Waals surface area contributed by atoms with Crippen LogP contribution in [0.25, 0.3) is 22.5 Å². The molecule has 0 saturated heterocycles. The third kappa shape index (κ3) is 5.00. The Labute approximate surface area is 185 Å². The molecule has 7 heteroatoms. The lowest BCUT2D eigenvalue weighted by Gasteiger charge is -2.10. The Balaban J connectivity index is 1.47. The molecule has 0 bridgehead atoms. The van der Waals surface area contributed by atoms with E-state index in [1.807, 2.05) is 69.4 Å². The standard InChI is InChI=1S/C24H23N5OS/c1-15-22(31-17(3)28-15)12-23(30)27-13-18-7-9-19(10-8-18)24-20(14-26-16(2)29-24)21-6-4-5-11-25-21/h4-11,14H,12-13H2,1-3H3,(H,27,30). The van der Waals surface area contributed by atoms with E-state index in [1.54, 1.807) is 17.5 Å². The second-order valence-corrected chi connectivity index (χ2v) is 8.57. The van der Waals surface area contributed by atoms with Gasteiger partial charge in [0.25, 0.3) is 0 Å². The van der Waals surface area contributed by atoms with Gasteiger partial charge in [0.1, 0.15) is 5.82 Å². The molecule has 1 amide bonds. The highest BCUT2D eigenvalue weighted by Gasteiger charge is 2.12. The summed E-state index contributed by atoms with van der Waals surface area (Å²) in [5.74, 6) is 0.708. The number of rotatable bonds is 6. The summed E-state index contributed by atoms with van der Waals surface area (Å²) in [4.78, 5) is 31.2. The molecule has 1 aromatic carbocycles. The number of aromatic nitrogens is 4. The van der Waals surface area contributed by atoms with Crippen molar-refractivity contribution in [3.63, 3.8) is 0 Å². The summed E-state index contributed by atoms with van der Waals surface area (Å²) in [5.41, 5.74) is 5.52. The number of carbonyl (C=O) groups excluding carboxylic acids is 1. The van der Waals surface area contributed by atoms with E-state index < -0.39 is 0 Å². The Kier molecular flexibility index (Phi) is 6.13. The molecule has 3 aromatic heterocycles. The highest BCUT2D eigenvalue weighted by molar-refractivity contribution is 7.11. The number of carbonyl (C=O) groups is 1. The number of hydrogen-bond donors (Lipinski definition) is 1. The maximum absolute atomic E-state index is 12.3. The van der Waals surface area contributed by atoms with Gasteiger partial charge >= 0.3 is 0 Å². The van der Waals surface area contributed by atoms with Gasteiger partial charge in [-0.05, 0) is 38.5 Å². The third-order valence-corrected chi connectivity index (χ3v) is 5.96. The van der Waals surface area contributed by atoms with Crippen molar-refractivity contribution in [3.8, 4) is 22.5 Å². The lowest BCUT2D eigenvalue weighted by molar-refractivity contribution is -0.120. The minimum Gasteiger partial charge on any atom is -0.352 e. The Hall–Kier alpha value is -3.45. The predicted molar refractivity (Wildman–Crippen MR) is 123 cm³/mol. The average molecular weight is 430 g/mol. The number of pyridine rings is 1. The first-order valence-corrected chi connectivity index (χ1v) is 10.8. The summed E-state index contributed by atoms with van der Waals surface area (Å²) in [7, 11) is 0. The molecule has 4 rings (SSSR count). The lowest BCUT2D eigenvalue weighted by Crippen LogP contribution is -2.24. The molecule has 31 heavy (non-hydrogen) atoms. The number of aryl methyl sites for hydroxylation is 3. The van der Waals surface area contributed by atoms with Crippen molar-refractivity contribution in [2.75, 3.05) is 0 Å². The van der Waals surface area contributed by atoms with Gasteiger partial charge in [-0.3, -0.25) is 9.78 Å². The first-order chi connectivity index (χ1) is 15.0. The first kappa shape index (κ1) is 20.8. The molecule has 0 atom stereocenters. The van der Waals surface area contributed by atoms with Crippen molar-refractivity contribution >= 4 is 17.2 Å². The van der Waals surface area contributed by atoms with E-state index >= 15 is 0 Å². The molecule has 0 saturated carbocycles. The van der Waals surface area contributed by atoms with Gasteiger partial charge in [0.05, 0.1) is 28.5 Å². The Bertz CT molecular complexity index is 1200. The van der Waals surface area contributed by atoms with Gasteiger partial charge in [0, 0.05) is 34.9 Å². The molecule has 6 nitrogen and oxygen atoms in total. The van der Waals surface area contributed by atoms with E-state index in [2.05, 4.69) is 25.3 Å². The molecule has 0 aliphatic rings. The van der Waals surface area contributed by atoms with Crippen molar-refractivity contribution in [1.82, 2.24) is 25.3 Å². The third-order valence-electron chi connectivity index (χ3n) is 4.89. The Morgan fingerprint density at radius 1 is 1.00 bits per heavy atom. The largest absolute Gasteiger partial charge is 0.352 e. The maximum Gasteiger partial charge on any atom is 0.225 e. The highest BCUT2D eigenvalue weighted by atomic mass is 32.1. The van der Waals surface area contributed by atoms with Crippen LogP contribution in [0.3, 0.4) is 0 Å². The molecule has 3 heterocycles. The first-order valence-electron chi connectivity index (χ1n) is 10.0. The van der Waals surface area contributed by atoms with Crippen LogP contribution < -0.4 is 5.32 Å². The predicted octanol–water partition coefficient (Wildman–Crippen LogP) is 4.45. The van der Waals surface area contributed by atoms with Gasteiger partial charge < -0.3 is 5.32 Å². The lowest BCUT2D eigenvalue weighted by atomic mass is 10.0. The molecule has 0 radical (unpaired) electrons. The second kappa shape index (κ2) is 9.14. The van der Waals surface area contributed by atoms with Gasteiger partial charge in [0.15, 0.2) is 0 Å². The molecular formula is C24H23N5OS. The quantitative estimate of drug-likeness (QED) is 0.490. The fraction of sp³-hybridized carbons (Fsp3) is 0.208. The van der Waals surface area contributed by atoms with Gasteiger partial charge in [0.2, 0.25) is 5.91 Å². The van der Waals surface area contributed by atoms with Crippen molar-refractivity contribution in [1.29, 1.82) is 0 Å². The van der Waals surface area contributed by atoms with Gasteiger partial charge in [-0.15, -0.1) is 11.3 Å². The zero-order chi connectivity index (χ0) is 21.8. The fourth-order valence-electron chi connectivity index (χ4n) is 3.33. The van der Waals surface area contributed by atoms with Crippen molar-refractivity contribution < 1.29 is 4.79 Å². The zero-order valence-corrected chi connectivity index (χ0v) is 18.5. The van der Waals surface area contributed by atoms with Crippen LogP contribution in [0.15, 0.2) is 54.9 Å². The van der Waals surface area contributed by atoms with Gasteiger partial charge in [-0.25, -0.2) is 15.0 Å². The van der Waals surface area contributed by atoms with E-state index in [0.29, 0.717) is 18.8 Å². The normalized spacial score (nSPS) is 10.8. The fourth-order valence-corrected chi connectivity index (χ4v) is 4.26. The van der Waals surface area contributed by atoms with E-state index in [0.717, 1.165) is 43.7 Å². The Morgan fingerprint density at radius 2 is 1.81 bits per heavy atom. The van der Waals surface area contributed by atoms with Crippen LogP contribution in [-0.2, 0) is 17.8 Å². The molecule has 156 valence electrons. The van der Waals surface area contributed by atoms with Crippen LogP contribution in [0, 0.1) is 20.8 Å². The number of nitrogens with zero attached hydrogens (tertiary/aromatic N) is 4. The number of benzene rings is 1. The summed E-state index contributed by atoms with van der Waals surface area (Å²) in [6, 6.07) is 13.9. The van der Waals surface area contributed by atoms with E-state index in [4.69, 9.17) is 0 Å². The number of thiazole rings is 1. The van der Waals surface area contributed by atoms with Crippen molar-refractivity contribution in [2.45, 2.75) is 33.7 Å². The minimum atomic E-state index is -0.000287. The minimum absolute atomic E-state index is 0.000287. The number of amides is 1. The topological polar surface area (TPSA) is 80.7 Å². The number of hydrogen-bond acceptors (Lipinski definition) is 6. The summed E-state index contributed by atoms with van der Waals surface area (Å²) in [5, 5.41) is 3.98. The van der Waals surface area contributed by atoms with Crippen LogP contribution in [-0.4, -0.2) is 25.8 Å². The van der Waals surface area contributed by atoms with Crippen molar-refractivity contribution in [3.05, 3.63) is 81.8 Å². The van der Waals surface area contributed by atoms with Gasteiger partial charge in [-0.1, -0.05) is 30.3 Å². The van der Waals surface area contributed by atoms with Crippen LogP contribution >= 0.6 is 11.3 Å². The van der Waals surface area contributed by atoms with E-state index in [-0.39, 0.29) is 5.91 Å². The second-order valence-electron chi connectivity index (χ2n) is 7.29. The van der Waals surface area contributed by atoms with Crippen molar-refractivity contribution in [2.24, 2.45) is 0 Å². The molecule has 4 aromatic rings. The van der Waals surface area contributed by atoms with Crippen LogP contribution in [0.1, 0.15) is 27.0 Å². The van der Waals surface area contributed by atoms with Gasteiger partial charge in [-0.2, -0.15) is 0 Å². The van der Waals surface area contributed by atoms with E-state index in [1.165, 1.54) is 0 Å². The smallest absolute Gasteiger partial charge is 0.225 e. The maximum atomic E-state index is 12.3. The SMILES string of the molecule is Cc1ncc(-c2ccccn2)c(-c2ccc(CNC(=O)Cc3sc(C)nc3C)cc2)n1. The number of nitrogens with one attached hydrogen (secondary N) is 1. The van der Waals surface area contributed by atoms with E-state index in [9.17, 15) is 4.79 Å². The zero-order valence-electron chi connectivity index (χ0n) is 17.7. The molecule has 1 N–H and O–H groups in total. The molecule has 0 fully saturated rings. The summed E-state index contributed by atoms with van der Waals surface area (Å²) < 4.78 is 0. The molecule has 0 unspecified atom stereocenters. The highest BCUT2D eigenvalue weighted by Crippen LogP contribution is 2.29. The summed E-state index contributed by atoms with van der Waals surface area (Å²) in [6.45, 7) is 6.26. The molecule has 0 spiro atoms. The molecule has 0 aliphatic heterocycles. The molecule has 0 aliphatic carbocycles. The van der Waals surface area contributed by atoms with Crippen LogP contribution in [0.2, 0.25) is 0 Å². The Morgan fingerprint density at radius 3 is 2.48 bits per heavy atom. The monoisotopic (exact) mass is 429 g/mol. The summed E-state index contributed by atoms with van der Waals surface area (Å²) in [6.07, 6.45) is 3.94. The summed E-state index contributed by atoms with van der Waals surface area (Å²) >= 11 is 1.58. The molecular weight excluding hydrogens is 406 g/mol.